The number of carbonyl (C=O) groups excluding carboxylic acids is 2. The Morgan fingerprint density at radius 2 is 2.00 bits per heavy atom. The highest BCUT2D eigenvalue weighted by atomic mass is 35.5. The number of hydrogen-bond acceptors (Lipinski definition) is 7. The van der Waals surface area contributed by atoms with E-state index in [4.69, 9.17) is 10.8 Å². The molecule has 15 heteroatoms. The number of nitrogens with zero attached hydrogens (tertiary/aromatic N) is 3. The number of halogens is 4. The summed E-state index contributed by atoms with van der Waals surface area (Å²) in [7, 11) is 1.23. The number of para-hydroxylation sites is 1. The van der Waals surface area contributed by atoms with Crippen molar-refractivity contribution in [1.82, 2.24) is 15.5 Å². The predicted octanol–water partition coefficient (Wildman–Crippen LogP) is 2.29. The molecule has 0 aromatic heterocycles. The van der Waals surface area contributed by atoms with Crippen LogP contribution in [0.5, 0.6) is 0 Å². The summed E-state index contributed by atoms with van der Waals surface area (Å²) in [4.78, 5) is 42.0. The van der Waals surface area contributed by atoms with Crippen LogP contribution in [0.25, 0.3) is 0 Å². The third-order valence-corrected chi connectivity index (χ3v) is 4.84. The number of aliphatic imine (C=N–C) groups is 1. The van der Waals surface area contributed by atoms with Crippen molar-refractivity contribution in [3.63, 3.8) is 0 Å². The standard InChI is InChI=1S/C19H21F3N6O5.ClH/c1-18(2)8-27(16(30)26-18)15-25-7-11(33-17(31)32)13(23)28(15)12-9(14(29)24-3)5-4-6-10(12)19(20,21)22;/h4-7,13H,8,23H2,1-3H3,(H,24,29)(H,26,30)(H,31,32);1H. The zero-order valence-electron chi connectivity index (χ0n) is 18.1. The third kappa shape index (κ3) is 5.02. The molecule has 0 radical (unpaired) electrons. The molecule has 5 N–H and O–H groups in total. The highest BCUT2D eigenvalue weighted by molar-refractivity contribution is 6.12. The van der Waals surface area contributed by atoms with Crippen molar-refractivity contribution in [3.8, 4) is 0 Å². The number of benzene rings is 1. The normalized spacial score (nSPS) is 19.5. The molecule has 2 aliphatic heterocycles. The molecule has 186 valence electrons. The minimum Gasteiger partial charge on any atom is -0.449 e. The van der Waals surface area contributed by atoms with Gasteiger partial charge in [0.25, 0.3) is 5.91 Å². The summed E-state index contributed by atoms with van der Waals surface area (Å²) in [6.45, 7) is 3.38. The monoisotopic (exact) mass is 506 g/mol. The molecule has 0 saturated carbocycles. The van der Waals surface area contributed by atoms with Crippen LogP contribution in [-0.4, -0.2) is 59.4 Å². The van der Waals surface area contributed by atoms with E-state index in [2.05, 4.69) is 20.4 Å². The van der Waals surface area contributed by atoms with Gasteiger partial charge in [0.2, 0.25) is 5.96 Å². The maximum atomic E-state index is 14.0. The average Bonchev–Trinajstić information content (AvgIpc) is 2.99. The minimum absolute atomic E-state index is 0. The number of urea groups is 1. The van der Waals surface area contributed by atoms with E-state index in [1.807, 2.05) is 0 Å². The van der Waals surface area contributed by atoms with Gasteiger partial charge in [-0.1, -0.05) is 6.07 Å². The van der Waals surface area contributed by atoms with Gasteiger partial charge in [0.05, 0.1) is 35.1 Å². The van der Waals surface area contributed by atoms with Crippen LogP contribution in [-0.2, 0) is 10.9 Å². The zero-order valence-corrected chi connectivity index (χ0v) is 19.0. The fourth-order valence-corrected chi connectivity index (χ4v) is 3.51. The number of amides is 3. The van der Waals surface area contributed by atoms with Crippen molar-refractivity contribution in [3.05, 3.63) is 41.3 Å². The summed E-state index contributed by atoms with van der Waals surface area (Å²) >= 11 is 0. The Hall–Kier alpha value is -3.52. The first-order valence-electron chi connectivity index (χ1n) is 9.52. The van der Waals surface area contributed by atoms with Gasteiger partial charge in [-0.2, -0.15) is 13.2 Å². The molecule has 3 amide bonds. The number of hydrogen-bond donors (Lipinski definition) is 4. The summed E-state index contributed by atoms with van der Waals surface area (Å²) in [6, 6.07) is 2.24. The molecule has 11 nitrogen and oxygen atoms in total. The molecule has 3 rings (SSSR count). The van der Waals surface area contributed by atoms with E-state index < -0.39 is 58.5 Å². The van der Waals surface area contributed by atoms with Crippen LogP contribution in [0.1, 0.15) is 29.8 Å². The van der Waals surface area contributed by atoms with E-state index in [1.54, 1.807) is 13.8 Å². The predicted molar refractivity (Wildman–Crippen MR) is 116 cm³/mol. The van der Waals surface area contributed by atoms with Crippen LogP contribution in [0.3, 0.4) is 0 Å². The first-order chi connectivity index (χ1) is 15.3. The minimum atomic E-state index is -4.94. The van der Waals surface area contributed by atoms with Crippen LogP contribution in [0, 0.1) is 0 Å². The number of nitrogens with one attached hydrogen (secondary N) is 2. The lowest BCUT2D eigenvalue weighted by atomic mass is 10.0. The van der Waals surface area contributed by atoms with Gasteiger partial charge in [-0.15, -0.1) is 12.4 Å². The van der Waals surface area contributed by atoms with Gasteiger partial charge in [-0.05, 0) is 26.0 Å². The van der Waals surface area contributed by atoms with E-state index in [1.165, 1.54) is 7.05 Å². The number of nitrogens with two attached hydrogens (primary N) is 1. The number of carbonyl (C=O) groups is 3. The number of guanidine groups is 1. The number of alkyl halides is 3. The fraction of sp³-hybridized carbons (Fsp3) is 0.368. The highest BCUT2D eigenvalue weighted by Crippen LogP contribution is 2.41. The third-order valence-electron chi connectivity index (χ3n) is 4.84. The Balaban J connectivity index is 0.00000408. The maximum Gasteiger partial charge on any atom is 0.511 e. The molecule has 2 aliphatic rings. The van der Waals surface area contributed by atoms with E-state index in [9.17, 15) is 27.6 Å². The Labute approximate surface area is 197 Å². The zero-order chi connectivity index (χ0) is 24.7. The van der Waals surface area contributed by atoms with E-state index in [0.717, 1.165) is 34.2 Å². The van der Waals surface area contributed by atoms with Gasteiger partial charge in [0, 0.05) is 7.05 Å². The molecule has 1 saturated heterocycles. The molecule has 1 unspecified atom stereocenters. The van der Waals surface area contributed by atoms with E-state index >= 15 is 0 Å². The summed E-state index contributed by atoms with van der Waals surface area (Å²) in [5, 5.41) is 13.9. The van der Waals surface area contributed by atoms with Crippen LogP contribution in [0.15, 0.2) is 35.2 Å². The Bertz CT molecular complexity index is 1070. The fourth-order valence-electron chi connectivity index (χ4n) is 3.51. The van der Waals surface area contributed by atoms with Crippen molar-refractivity contribution in [2.75, 3.05) is 18.5 Å². The topological polar surface area (TPSA) is 150 Å². The molecule has 2 heterocycles. The van der Waals surface area contributed by atoms with Crippen LogP contribution in [0.4, 0.5) is 28.4 Å². The van der Waals surface area contributed by atoms with Gasteiger partial charge in [-0.3, -0.25) is 14.6 Å². The quantitative estimate of drug-likeness (QED) is 0.459. The van der Waals surface area contributed by atoms with Crippen LogP contribution >= 0.6 is 12.4 Å². The Kier molecular flexibility index (Phi) is 7.38. The summed E-state index contributed by atoms with van der Waals surface area (Å²) < 4.78 is 46.6. The van der Waals surface area contributed by atoms with Gasteiger partial charge in [0.1, 0.15) is 6.17 Å². The molecule has 1 aromatic carbocycles. The lowest BCUT2D eigenvalue weighted by Gasteiger charge is -2.39. The lowest BCUT2D eigenvalue weighted by Crippen LogP contribution is -2.57. The Morgan fingerprint density at radius 3 is 2.50 bits per heavy atom. The van der Waals surface area contributed by atoms with Crippen molar-refractivity contribution in [2.24, 2.45) is 10.7 Å². The van der Waals surface area contributed by atoms with E-state index in [0.29, 0.717) is 0 Å². The molecule has 34 heavy (non-hydrogen) atoms. The van der Waals surface area contributed by atoms with Crippen molar-refractivity contribution in [2.45, 2.75) is 31.7 Å². The molecule has 1 fully saturated rings. The van der Waals surface area contributed by atoms with Gasteiger partial charge in [-0.25, -0.2) is 14.6 Å². The molecule has 0 bridgehead atoms. The SMILES string of the molecule is CNC(=O)c1cccc(C(F)(F)F)c1N1C(N2CC(C)(C)NC2=O)=NC=C(OC(=O)O)C1N.Cl. The van der Waals surface area contributed by atoms with Gasteiger partial charge >= 0.3 is 18.4 Å². The summed E-state index contributed by atoms with van der Waals surface area (Å²) in [5.41, 5.74) is 2.98. The summed E-state index contributed by atoms with van der Waals surface area (Å²) in [6.07, 6.45) is -7.48. The smallest absolute Gasteiger partial charge is 0.449 e. The van der Waals surface area contributed by atoms with Gasteiger partial charge in [0.15, 0.2) is 5.76 Å². The number of rotatable bonds is 3. The average molecular weight is 507 g/mol. The van der Waals surface area contributed by atoms with Crippen LogP contribution < -0.4 is 21.3 Å². The number of anilines is 1. The van der Waals surface area contributed by atoms with E-state index in [-0.39, 0.29) is 24.9 Å². The molecule has 1 atom stereocenters. The van der Waals surface area contributed by atoms with Crippen molar-refractivity contribution < 1.29 is 37.4 Å². The van der Waals surface area contributed by atoms with Crippen molar-refractivity contribution in [1.29, 1.82) is 0 Å². The second kappa shape index (κ2) is 9.38. The van der Waals surface area contributed by atoms with Gasteiger partial charge < -0.3 is 26.2 Å². The highest BCUT2D eigenvalue weighted by Gasteiger charge is 2.46. The molecule has 0 spiro atoms. The molecule has 0 aliphatic carbocycles. The first-order valence-corrected chi connectivity index (χ1v) is 9.52. The Morgan fingerprint density at radius 1 is 1.35 bits per heavy atom. The maximum absolute atomic E-state index is 14.0. The second-order valence-corrected chi connectivity index (χ2v) is 7.82. The number of ether oxygens (including phenoxy) is 1. The van der Waals surface area contributed by atoms with Crippen LogP contribution in [0.2, 0.25) is 0 Å². The summed E-state index contributed by atoms with van der Waals surface area (Å²) in [5.74, 6) is -1.72. The first kappa shape index (κ1) is 26.7. The molecular weight excluding hydrogens is 485 g/mol. The molecular formula is C19H22ClF3N6O5. The second-order valence-electron chi connectivity index (χ2n) is 7.82. The largest absolute Gasteiger partial charge is 0.511 e. The molecule has 1 aromatic rings. The van der Waals surface area contributed by atoms with Crippen molar-refractivity contribution >= 4 is 42.1 Å². The lowest BCUT2D eigenvalue weighted by molar-refractivity contribution is -0.137. The number of carboxylic acid groups (broad SMARTS) is 1.